The standard InChI is InChI=1S/C17H12ClN3OS/c18-11-5-6-13-12(8-11)10(9-19-13)7-16(22)21-17-20-14-3-1-2-4-15(14)23-17/h1-6,8-9,19H,7H2,(H,20,21,22). The molecule has 23 heavy (non-hydrogen) atoms. The number of carbonyl (C=O) groups is 1. The second-order valence-electron chi connectivity index (χ2n) is 5.22. The van der Waals surface area contributed by atoms with E-state index in [-0.39, 0.29) is 12.3 Å². The highest BCUT2D eigenvalue weighted by atomic mass is 35.5. The summed E-state index contributed by atoms with van der Waals surface area (Å²) in [4.78, 5) is 19.9. The Hall–Kier alpha value is -2.37. The maximum absolute atomic E-state index is 12.3. The average Bonchev–Trinajstić information content (AvgIpc) is 3.10. The number of hydrogen-bond donors (Lipinski definition) is 2. The number of thiazole rings is 1. The summed E-state index contributed by atoms with van der Waals surface area (Å²) in [5.74, 6) is -0.0927. The van der Waals surface area contributed by atoms with E-state index in [1.807, 2.05) is 48.7 Å². The van der Waals surface area contributed by atoms with Crippen LogP contribution < -0.4 is 5.32 Å². The lowest BCUT2D eigenvalue weighted by molar-refractivity contribution is -0.115. The second kappa shape index (κ2) is 5.68. The Morgan fingerprint density at radius 1 is 1.26 bits per heavy atom. The van der Waals surface area contributed by atoms with Crippen LogP contribution in [0.1, 0.15) is 5.56 Å². The number of amides is 1. The molecule has 4 rings (SSSR count). The van der Waals surface area contributed by atoms with Crippen LogP contribution in [0.4, 0.5) is 5.13 Å². The van der Waals surface area contributed by atoms with E-state index < -0.39 is 0 Å². The summed E-state index contributed by atoms with van der Waals surface area (Å²) in [6, 6.07) is 13.4. The molecule has 1 amide bonds. The Kier molecular flexibility index (Phi) is 3.52. The summed E-state index contributed by atoms with van der Waals surface area (Å²) in [5.41, 5.74) is 2.78. The van der Waals surface area contributed by atoms with Crippen molar-refractivity contribution < 1.29 is 4.79 Å². The van der Waals surface area contributed by atoms with Gasteiger partial charge < -0.3 is 10.3 Å². The number of carbonyl (C=O) groups excluding carboxylic acids is 1. The van der Waals surface area contributed by atoms with Gasteiger partial charge in [0.1, 0.15) is 0 Å². The number of aromatic nitrogens is 2. The van der Waals surface area contributed by atoms with Crippen LogP contribution in [0.15, 0.2) is 48.7 Å². The summed E-state index contributed by atoms with van der Waals surface area (Å²) >= 11 is 7.51. The van der Waals surface area contributed by atoms with Crippen LogP contribution in [0.25, 0.3) is 21.1 Å². The molecular formula is C17H12ClN3OS. The van der Waals surface area contributed by atoms with Crippen LogP contribution in [-0.4, -0.2) is 15.9 Å². The first-order valence-corrected chi connectivity index (χ1v) is 8.29. The Morgan fingerprint density at radius 3 is 3.00 bits per heavy atom. The first kappa shape index (κ1) is 14.2. The van der Waals surface area contributed by atoms with E-state index >= 15 is 0 Å². The number of aromatic amines is 1. The summed E-state index contributed by atoms with van der Waals surface area (Å²) < 4.78 is 1.06. The van der Waals surface area contributed by atoms with E-state index in [4.69, 9.17) is 11.6 Å². The number of hydrogen-bond acceptors (Lipinski definition) is 3. The predicted molar refractivity (Wildman–Crippen MR) is 95.3 cm³/mol. The molecule has 114 valence electrons. The number of halogens is 1. The van der Waals surface area contributed by atoms with Crippen molar-refractivity contribution in [2.75, 3.05) is 5.32 Å². The van der Waals surface area contributed by atoms with Gasteiger partial charge in [0.2, 0.25) is 5.91 Å². The van der Waals surface area contributed by atoms with E-state index in [1.165, 1.54) is 11.3 Å². The first-order chi connectivity index (χ1) is 11.2. The van der Waals surface area contributed by atoms with Gasteiger partial charge >= 0.3 is 0 Å². The van der Waals surface area contributed by atoms with Crippen molar-refractivity contribution >= 4 is 55.1 Å². The minimum atomic E-state index is -0.0927. The zero-order valence-electron chi connectivity index (χ0n) is 12.0. The van der Waals surface area contributed by atoms with E-state index in [9.17, 15) is 4.79 Å². The molecule has 2 heterocycles. The van der Waals surface area contributed by atoms with Crippen LogP contribution >= 0.6 is 22.9 Å². The fraction of sp³-hybridized carbons (Fsp3) is 0.0588. The van der Waals surface area contributed by atoms with Crippen molar-refractivity contribution in [3.8, 4) is 0 Å². The molecule has 4 nitrogen and oxygen atoms in total. The fourth-order valence-electron chi connectivity index (χ4n) is 2.56. The van der Waals surface area contributed by atoms with Gasteiger partial charge in [0, 0.05) is 22.1 Å². The third-order valence-corrected chi connectivity index (χ3v) is 4.81. The lowest BCUT2D eigenvalue weighted by Crippen LogP contribution is -2.13. The van der Waals surface area contributed by atoms with Crippen molar-refractivity contribution in [1.29, 1.82) is 0 Å². The highest BCUT2D eigenvalue weighted by Crippen LogP contribution is 2.26. The fourth-order valence-corrected chi connectivity index (χ4v) is 3.61. The van der Waals surface area contributed by atoms with Gasteiger partial charge in [0.05, 0.1) is 16.6 Å². The van der Waals surface area contributed by atoms with Gasteiger partial charge in [-0.1, -0.05) is 35.1 Å². The van der Waals surface area contributed by atoms with Gasteiger partial charge in [-0.25, -0.2) is 4.98 Å². The normalized spacial score (nSPS) is 11.2. The van der Waals surface area contributed by atoms with Gasteiger partial charge in [-0.15, -0.1) is 0 Å². The SMILES string of the molecule is O=C(Cc1c[nH]c2ccc(Cl)cc12)Nc1nc2ccccc2s1. The molecule has 0 unspecified atom stereocenters. The predicted octanol–water partition coefficient (Wildman–Crippen LogP) is 4.61. The minimum Gasteiger partial charge on any atom is -0.361 e. The average molecular weight is 342 g/mol. The molecular weight excluding hydrogens is 330 g/mol. The number of benzene rings is 2. The number of anilines is 1. The van der Waals surface area contributed by atoms with Crippen LogP contribution in [-0.2, 0) is 11.2 Å². The van der Waals surface area contributed by atoms with Gasteiger partial charge in [0.15, 0.2) is 5.13 Å². The van der Waals surface area contributed by atoms with Gasteiger partial charge in [-0.3, -0.25) is 4.79 Å². The molecule has 2 aromatic carbocycles. The molecule has 0 saturated heterocycles. The maximum Gasteiger partial charge on any atom is 0.230 e. The molecule has 0 saturated carbocycles. The van der Waals surface area contributed by atoms with E-state index in [2.05, 4.69) is 15.3 Å². The van der Waals surface area contributed by atoms with E-state index in [0.717, 1.165) is 26.7 Å². The number of H-pyrrole nitrogens is 1. The molecule has 2 N–H and O–H groups in total. The van der Waals surface area contributed by atoms with Gasteiger partial charge in [0.25, 0.3) is 0 Å². The highest BCUT2D eigenvalue weighted by molar-refractivity contribution is 7.22. The Labute approximate surface area is 141 Å². The quantitative estimate of drug-likeness (QED) is 0.571. The monoisotopic (exact) mass is 341 g/mol. The zero-order chi connectivity index (χ0) is 15.8. The Morgan fingerprint density at radius 2 is 2.13 bits per heavy atom. The minimum absolute atomic E-state index is 0.0927. The third-order valence-electron chi connectivity index (χ3n) is 3.62. The van der Waals surface area contributed by atoms with Gasteiger partial charge in [-0.05, 0) is 35.9 Å². The number of para-hydroxylation sites is 1. The Balaban J connectivity index is 1.56. The van der Waals surface area contributed by atoms with Crippen LogP contribution in [0.2, 0.25) is 5.02 Å². The summed E-state index contributed by atoms with van der Waals surface area (Å²) in [6.45, 7) is 0. The van der Waals surface area contributed by atoms with Crippen molar-refractivity contribution in [1.82, 2.24) is 9.97 Å². The van der Waals surface area contributed by atoms with Crippen LogP contribution in [0.3, 0.4) is 0 Å². The molecule has 0 atom stereocenters. The topological polar surface area (TPSA) is 57.8 Å². The van der Waals surface area contributed by atoms with Crippen LogP contribution in [0.5, 0.6) is 0 Å². The molecule has 4 aromatic rings. The molecule has 0 aliphatic heterocycles. The zero-order valence-corrected chi connectivity index (χ0v) is 13.5. The molecule has 0 aliphatic carbocycles. The Bertz CT molecular complexity index is 988. The molecule has 0 radical (unpaired) electrons. The van der Waals surface area contributed by atoms with Gasteiger partial charge in [-0.2, -0.15) is 0 Å². The lowest BCUT2D eigenvalue weighted by atomic mass is 10.1. The number of rotatable bonds is 3. The molecule has 0 fully saturated rings. The molecule has 2 aromatic heterocycles. The molecule has 6 heteroatoms. The number of nitrogens with zero attached hydrogens (tertiary/aromatic N) is 1. The largest absolute Gasteiger partial charge is 0.361 e. The smallest absolute Gasteiger partial charge is 0.230 e. The van der Waals surface area contributed by atoms with Crippen molar-refractivity contribution in [2.24, 2.45) is 0 Å². The first-order valence-electron chi connectivity index (χ1n) is 7.10. The summed E-state index contributed by atoms with van der Waals surface area (Å²) in [5, 5.41) is 5.12. The van der Waals surface area contributed by atoms with Crippen molar-refractivity contribution in [3.63, 3.8) is 0 Å². The number of fused-ring (bicyclic) bond motifs is 2. The summed E-state index contributed by atoms with van der Waals surface area (Å²) in [7, 11) is 0. The lowest BCUT2D eigenvalue weighted by Gasteiger charge is -2.01. The van der Waals surface area contributed by atoms with E-state index in [0.29, 0.717) is 10.2 Å². The highest BCUT2D eigenvalue weighted by Gasteiger charge is 2.11. The van der Waals surface area contributed by atoms with E-state index in [1.54, 1.807) is 0 Å². The van der Waals surface area contributed by atoms with Crippen LogP contribution in [0, 0.1) is 0 Å². The summed E-state index contributed by atoms with van der Waals surface area (Å²) in [6.07, 6.45) is 2.12. The van der Waals surface area contributed by atoms with Crippen molar-refractivity contribution in [2.45, 2.75) is 6.42 Å². The van der Waals surface area contributed by atoms with Crippen molar-refractivity contribution in [3.05, 3.63) is 59.2 Å². The third kappa shape index (κ3) is 2.81. The molecule has 0 aliphatic rings. The number of nitrogens with one attached hydrogen (secondary N) is 2. The molecule has 0 bridgehead atoms. The molecule has 0 spiro atoms. The maximum atomic E-state index is 12.3. The second-order valence-corrected chi connectivity index (χ2v) is 6.68.